The summed E-state index contributed by atoms with van der Waals surface area (Å²) in [4.78, 5) is 23.5. The summed E-state index contributed by atoms with van der Waals surface area (Å²) in [5.41, 5.74) is 4.67. The Labute approximate surface area is 227 Å². The highest BCUT2D eigenvalue weighted by atomic mass is 19.1. The molecule has 1 atom stereocenters. The van der Waals surface area contributed by atoms with Crippen LogP contribution in [-0.2, 0) is 6.54 Å². The maximum Gasteiger partial charge on any atom is 0.255 e. The normalized spacial score (nSPS) is 17.4. The molecule has 7 heteroatoms. The molecule has 2 aliphatic rings. The first-order valence-corrected chi connectivity index (χ1v) is 13.6. The lowest BCUT2D eigenvalue weighted by molar-refractivity contribution is 0.0533. The van der Waals surface area contributed by atoms with Crippen molar-refractivity contribution in [2.45, 2.75) is 38.4 Å². The minimum absolute atomic E-state index is 0.0163. The minimum atomic E-state index is -0.283. The van der Waals surface area contributed by atoms with Crippen LogP contribution < -0.4 is 5.32 Å². The third kappa shape index (κ3) is 5.21. The van der Waals surface area contributed by atoms with Gasteiger partial charge in [0.1, 0.15) is 11.6 Å². The molecule has 1 amide bonds. The molecule has 2 saturated heterocycles. The number of pyridine rings is 1. The van der Waals surface area contributed by atoms with E-state index in [0.29, 0.717) is 23.5 Å². The fourth-order valence-corrected chi connectivity index (χ4v) is 5.81. The number of rotatable bonds is 6. The number of anilines is 1. The second-order valence-electron chi connectivity index (χ2n) is 10.3. The van der Waals surface area contributed by atoms with Crippen LogP contribution in [0.3, 0.4) is 0 Å². The molecular weight excluding hydrogens is 489 g/mol. The Bertz CT molecular complexity index is 1560. The number of amides is 1. The van der Waals surface area contributed by atoms with Crippen molar-refractivity contribution in [3.63, 3.8) is 0 Å². The highest BCUT2D eigenvalue weighted by molar-refractivity contribution is 6.08. The second kappa shape index (κ2) is 10.8. The molecule has 3 heterocycles. The Morgan fingerprint density at radius 2 is 1.77 bits per heavy atom. The zero-order chi connectivity index (χ0) is 26.8. The van der Waals surface area contributed by atoms with Crippen molar-refractivity contribution in [1.82, 2.24) is 14.8 Å². The molecule has 0 radical (unpaired) electrons. The van der Waals surface area contributed by atoms with Gasteiger partial charge >= 0.3 is 0 Å². The van der Waals surface area contributed by atoms with E-state index in [4.69, 9.17) is 10.2 Å². The number of nitriles is 1. The van der Waals surface area contributed by atoms with Gasteiger partial charge in [-0.25, -0.2) is 9.37 Å². The molecule has 0 aliphatic carbocycles. The van der Waals surface area contributed by atoms with Crippen LogP contribution >= 0.6 is 0 Å². The van der Waals surface area contributed by atoms with Crippen molar-refractivity contribution in [2.24, 2.45) is 0 Å². The Morgan fingerprint density at radius 3 is 2.54 bits per heavy atom. The number of aromatic nitrogens is 1. The lowest BCUT2D eigenvalue weighted by Gasteiger charge is -2.32. The van der Waals surface area contributed by atoms with Gasteiger partial charge < -0.3 is 10.2 Å². The van der Waals surface area contributed by atoms with Crippen LogP contribution in [-0.4, -0.2) is 46.5 Å². The summed E-state index contributed by atoms with van der Waals surface area (Å²) in [6, 6.07) is 23.9. The van der Waals surface area contributed by atoms with Gasteiger partial charge in [0.15, 0.2) is 0 Å². The fourth-order valence-electron chi connectivity index (χ4n) is 5.81. The molecule has 0 bridgehead atoms. The molecule has 2 fully saturated rings. The quantitative estimate of drug-likeness (QED) is 0.329. The largest absolute Gasteiger partial charge is 0.366 e. The monoisotopic (exact) mass is 519 g/mol. The average molecular weight is 520 g/mol. The zero-order valence-corrected chi connectivity index (χ0v) is 21.7. The van der Waals surface area contributed by atoms with Gasteiger partial charge in [0.2, 0.25) is 0 Å². The predicted molar refractivity (Wildman–Crippen MR) is 150 cm³/mol. The number of carbonyl (C=O) groups excluding carboxylic acids is 1. The first kappa shape index (κ1) is 25.0. The molecule has 0 saturated carbocycles. The summed E-state index contributed by atoms with van der Waals surface area (Å²) in [7, 11) is 0. The molecule has 1 unspecified atom stereocenters. The van der Waals surface area contributed by atoms with Crippen molar-refractivity contribution < 1.29 is 9.18 Å². The van der Waals surface area contributed by atoms with Gasteiger partial charge in [0.05, 0.1) is 28.9 Å². The van der Waals surface area contributed by atoms with Crippen LogP contribution in [0, 0.1) is 17.1 Å². The van der Waals surface area contributed by atoms with E-state index in [1.165, 1.54) is 25.0 Å². The predicted octanol–water partition coefficient (Wildman–Crippen LogP) is 6.18. The van der Waals surface area contributed by atoms with Gasteiger partial charge in [-0.15, -0.1) is 0 Å². The summed E-state index contributed by atoms with van der Waals surface area (Å²) >= 11 is 0. The topological polar surface area (TPSA) is 72.3 Å². The summed E-state index contributed by atoms with van der Waals surface area (Å²) < 4.78 is 13.7. The Morgan fingerprint density at radius 1 is 0.974 bits per heavy atom. The molecular formula is C32H30FN5O. The molecule has 1 aromatic heterocycles. The van der Waals surface area contributed by atoms with Gasteiger partial charge in [-0.1, -0.05) is 30.3 Å². The smallest absolute Gasteiger partial charge is 0.255 e. The van der Waals surface area contributed by atoms with Crippen LogP contribution in [0.5, 0.6) is 0 Å². The highest BCUT2D eigenvalue weighted by Crippen LogP contribution is 2.32. The minimum Gasteiger partial charge on any atom is -0.366 e. The van der Waals surface area contributed by atoms with E-state index < -0.39 is 0 Å². The third-order valence-electron chi connectivity index (χ3n) is 7.79. The van der Waals surface area contributed by atoms with E-state index in [2.05, 4.69) is 16.3 Å². The van der Waals surface area contributed by atoms with Crippen molar-refractivity contribution in [1.29, 1.82) is 5.26 Å². The number of nitrogens with zero attached hydrogens (tertiary/aromatic N) is 4. The number of nitrogens with one attached hydrogen (secondary N) is 1. The SMILES string of the molecule is N#Cc1ccc(-c2ccc3nc(NCc4cccc(F)c4)cc(C(=O)N4CCCC4N4CCCC4)c3c2)cc1. The summed E-state index contributed by atoms with van der Waals surface area (Å²) in [6.45, 7) is 3.21. The fraction of sp³-hybridized carbons (Fsp3) is 0.281. The van der Waals surface area contributed by atoms with Crippen molar-refractivity contribution >= 4 is 22.6 Å². The van der Waals surface area contributed by atoms with E-state index in [-0.39, 0.29) is 17.9 Å². The van der Waals surface area contributed by atoms with Crippen LogP contribution in [0.2, 0.25) is 0 Å². The van der Waals surface area contributed by atoms with Crippen LogP contribution in [0.25, 0.3) is 22.0 Å². The molecule has 6 nitrogen and oxygen atoms in total. The lowest BCUT2D eigenvalue weighted by atomic mass is 9.99. The average Bonchev–Trinajstić information content (AvgIpc) is 3.68. The molecule has 2 aliphatic heterocycles. The number of fused-ring (bicyclic) bond motifs is 1. The number of hydrogen-bond acceptors (Lipinski definition) is 5. The first-order chi connectivity index (χ1) is 19.1. The van der Waals surface area contributed by atoms with Crippen LogP contribution in [0.4, 0.5) is 10.2 Å². The maximum atomic E-state index is 14.2. The Kier molecular flexibility index (Phi) is 6.95. The number of likely N-dealkylation sites (tertiary alicyclic amines) is 2. The standard InChI is InChI=1S/C32H30FN5O/c33-26-6-3-5-23(17-26)21-35-30-19-28(32(39)38-16-4-7-31(38)37-14-1-2-15-37)27-18-25(12-13-29(27)36-30)24-10-8-22(20-34)9-11-24/h3,5-6,8-13,17-19,31H,1-2,4,7,14-16,21H2,(H,35,36). The maximum absolute atomic E-state index is 14.2. The van der Waals surface area contributed by atoms with Gasteiger partial charge in [0, 0.05) is 31.6 Å². The molecule has 4 aromatic rings. The number of hydrogen-bond donors (Lipinski definition) is 1. The highest BCUT2D eigenvalue weighted by Gasteiger charge is 2.35. The molecule has 39 heavy (non-hydrogen) atoms. The van der Waals surface area contributed by atoms with Gasteiger partial charge in [-0.05, 0) is 84.8 Å². The van der Waals surface area contributed by atoms with Crippen LogP contribution in [0.15, 0.2) is 72.8 Å². The Balaban J connectivity index is 1.39. The second-order valence-corrected chi connectivity index (χ2v) is 10.3. The third-order valence-corrected chi connectivity index (χ3v) is 7.79. The van der Waals surface area contributed by atoms with Crippen molar-refractivity contribution in [3.8, 4) is 17.2 Å². The summed E-state index contributed by atoms with van der Waals surface area (Å²) in [6.07, 6.45) is 4.48. The van der Waals surface area contributed by atoms with Gasteiger partial charge in [-0.2, -0.15) is 5.26 Å². The molecule has 6 rings (SSSR count). The number of halogens is 1. The molecule has 196 valence electrons. The molecule has 0 spiro atoms. The molecule has 3 aromatic carbocycles. The van der Waals surface area contributed by atoms with Gasteiger partial charge in [-0.3, -0.25) is 9.69 Å². The van der Waals surface area contributed by atoms with Crippen molar-refractivity contribution in [3.05, 3.63) is 95.3 Å². The number of benzene rings is 3. The van der Waals surface area contributed by atoms with E-state index in [9.17, 15) is 9.18 Å². The van der Waals surface area contributed by atoms with E-state index >= 15 is 0 Å². The Hall–Kier alpha value is -4.28. The summed E-state index contributed by atoms with van der Waals surface area (Å²) in [5, 5.41) is 13.3. The van der Waals surface area contributed by atoms with Crippen molar-refractivity contribution in [2.75, 3.05) is 25.0 Å². The molecule has 1 N–H and O–H groups in total. The summed E-state index contributed by atoms with van der Waals surface area (Å²) in [5.74, 6) is 0.315. The first-order valence-electron chi connectivity index (χ1n) is 13.6. The number of carbonyl (C=O) groups is 1. The lowest BCUT2D eigenvalue weighted by Crippen LogP contribution is -2.46. The zero-order valence-electron chi connectivity index (χ0n) is 21.7. The van der Waals surface area contributed by atoms with E-state index in [1.807, 2.05) is 47.4 Å². The van der Waals surface area contributed by atoms with E-state index in [0.717, 1.165) is 60.1 Å². The van der Waals surface area contributed by atoms with Gasteiger partial charge in [0.25, 0.3) is 5.91 Å². The van der Waals surface area contributed by atoms with E-state index in [1.54, 1.807) is 18.2 Å². The van der Waals surface area contributed by atoms with Crippen LogP contribution in [0.1, 0.15) is 47.2 Å².